The van der Waals surface area contributed by atoms with Crippen molar-refractivity contribution in [3.63, 3.8) is 0 Å². The summed E-state index contributed by atoms with van der Waals surface area (Å²) in [5.41, 5.74) is -1.57. The van der Waals surface area contributed by atoms with E-state index in [2.05, 4.69) is 0 Å². The number of hydrogen-bond donors (Lipinski definition) is 1. The molecule has 2 aromatic rings. The van der Waals surface area contributed by atoms with Gasteiger partial charge in [-0.25, -0.2) is 4.39 Å². The first kappa shape index (κ1) is 24.4. The number of Topliss-reactive ketones (excluding diaryl/α,β-unsaturated/α-hetero) is 1. The van der Waals surface area contributed by atoms with Crippen LogP contribution in [0.25, 0.3) is 0 Å². The summed E-state index contributed by atoms with van der Waals surface area (Å²) in [5.74, 6) is -0.171. The van der Waals surface area contributed by atoms with E-state index in [0.29, 0.717) is 5.56 Å². The molecule has 0 aliphatic carbocycles. The molecule has 0 amide bonds. The Balaban J connectivity index is 1.66. The van der Waals surface area contributed by atoms with Crippen molar-refractivity contribution in [2.75, 3.05) is 27.2 Å². The monoisotopic (exact) mass is 452 g/mol. The standard InChI is InChI=1S/C24H28F4N2O2/c1-29(2)20(22(31)17-7-4-3-5-8-17)16-21(25)30-13-11-23(32,12-14-30)18-9-6-10-19(15-18)24(26,27)28/h3-10,15,20-21,32H,11-14,16H2,1-2H3. The highest BCUT2D eigenvalue weighted by Crippen LogP contribution is 2.37. The van der Waals surface area contributed by atoms with Crippen molar-refractivity contribution in [1.29, 1.82) is 0 Å². The number of likely N-dealkylation sites (N-methyl/N-ethyl adjacent to an activating group) is 1. The molecule has 3 rings (SSSR count). The van der Waals surface area contributed by atoms with Gasteiger partial charge in [-0.15, -0.1) is 0 Å². The van der Waals surface area contributed by atoms with Crippen LogP contribution in [0.15, 0.2) is 54.6 Å². The van der Waals surface area contributed by atoms with E-state index in [4.69, 9.17) is 0 Å². The van der Waals surface area contributed by atoms with Crippen LogP contribution in [0.4, 0.5) is 17.6 Å². The summed E-state index contributed by atoms with van der Waals surface area (Å²) in [7, 11) is 3.45. The van der Waals surface area contributed by atoms with Gasteiger partial charge in [0.25, 0.3) is 0 Å². The van der Waals surface area contributed by atoms with E-state index >= 15 is 4.39 Å². The lowest BCUT2D eigenvalue weighted by atomic mass is 9.83. The highest BCUT2D eigenvalue weighted by Gasteiger charge is 2.39. The normalized spacial score (nSPS) is 19.0. The van der Waals surface area contributed by atoms with Gasteiger partial charge in [-0.05, 0) is 44.6 Å². The molecule has 1 saturated heterocycles. The van der Waals surface area contributed by atoms with Crippen LogP contribution in [0.1, 0.15) is 40.7 Å². The van der Waals surface area contributed by atoms with Crippen LogP contribution in [0.3, 0.4) is 0 Å². The van der Waals surface area contributed by atoms with Crippen molar-refractivity contribution in [3.8, 4) is 0 Å². The molecule has 1 aliphatic heterocycles. The van der Waals surface area contributed by atoms with E-state index in [1.165, 1.54) is 17.0 Å². The number of benzene rings is 2. The molecule has 0 radical (unpaired) electrons. The summed E-state index contributed by atoms with van der Waals surface area (Å²) in [6, 6.07) is 12.7. The first-order chi connectivity index (χ1) is 15.0. The van der Waals surface area contributed by atoms with E-state index in [0.717, 1.165) is 12.1 Å². The first-order valence-electron chi connectivity index (χ1n) is 10.6. The molecule has 4 nitrogen and oxygen atoms in total. The minimum Gasteiger partial charge on any atom is -0.385 e. The van der Waals surface area contributed by atoms with E-state index < -0.39 is 29.7 Å². The predicted molar refractivity (Wildman–Crippen MR) is 114 cm³/mol. The Morgan fingerprint density at radius 1 is 1.09 bits per heavy atom. The van der Waals surface area contributed by atoms with Gasteiger partial charge in [-0.2, -0.15) is 13.2 Å². The molecule has 0 aromatic heterocycles. The van der Waals surface area contributed by atoms with Crippen LogP contribution in [0, 0.1) is 0 Å². The maximum absolute atomic E-state index is 15.2. The number of aliphatic hydroxyl groups is 1. The Kier molecular flexibility index (Phi) is 7.37. The van der Waals surface area contributed by atoms with Gasteiger partial charge in [-0.1, -0.05) is 42.5 Å². The van der Waals surface area contributed by atoms with Crippen LogP contribution >= 0.6 is 0 Å². The maximum atomic E-state index is 15.2. The number of rotatable bonds is 7. The van der Waals surface area contributed by atoms with Gasteiger partial charge in [-0.3, -0.25) is 14.6 Å². The van der Waals surface area contributed by atoms with Gasteiger partial charge in [0.1, 0.15) is 0 Å². The molecule has 0 spiro atoms. The molecule has 1 fully saturated rings. The number of carbonyl (C=O) groups is 1. The van der Waals surface area contributed by atoms with E-state index in [1.54, 1.807) is 49.3 Å². The molecular weight excluding hydrogens is 424 g/mol. The lowest BCUT2D eigenvalue weighted by Crippen LogP contribution is -2.48. The number of alkyl halides is 4. The summed E-state index contributed by atoms with van der Waals surface area (Å²) in [6.45, 7) is 0.348. The van der Waals surface area contributed by atoms with Crippen molar-refractivity contribution in [2.24, 2.45) is 0 Å². The fourth-order valence-corrected chi connectivity index (χ4v) is 4.13. The van der Waals surface area contributed by atoms with Gasteiger partial charge in [0, 0.05) is 25.1 Å². The number of piperidine rings is 1. The summed E-state index contributed by atoms with van der Waals surface area (Å²) < 4.78 is 54.3. The second-order valence-electron chi connectivity index (χ2n) is 8.53. The fourth-order valence-electron chi connectivity index (χ4n) is 4.13. The van der Waals surface area contributed by atoms with Crippen molar-refractivity contribution in [1.82, 2.24) is 9.80 Å². The van der Waals surface area contributed by atoms with Crippen molar-refractivity contribution < 1.29 is 27.5 Å². The highest BCUT2D eigenvalue weighted by atomic mass is 19.4. The molecule has 1 N–H and O–H groups in total. The van der Waals surface area contributed by atoms with Crippen molar-refractivity contribution in [3.05, 3.63) is 71.3 Å². The minimum atomic E-state index is -4.50. The number of likely N-dealkylation sites (tertiary alicyclic amines) is 1. The zero-order chi connectivity index (χ0) is 23.5. The molecule has 2 aromatic carbocycles. The molecule has 8 heteroatoms. The smallest absolute Gasteiger partial charge is 0.385 e. The van der Waals surface area contributed by atoms with Crippen molar-refractivity contribution >= 4 is 5.78 Å². The second-order valence-corrected chi connectivity index (χ2v) is 8.53. The zero-order valence-electron chi connectivity index (χ0n) is 18.1. The third-order valence-electron chi connectivity index (χ3n) is 6.15. The van der Waals surface area contributed by atoms with Gasteiger partial charge >= 0.3 is 6.18 Å². The van der Waals surface area contributed by atoms with Crippen LogP contribution in [-0.4, -0.2) is 60.2 Å². The predicted octanol–water partition coefficient (Wildman–Crippen LogP) is 4.49. The molecule has 2 atom stereocenters. The van der Waals surface area contributed by atoms with Crippen LogP contribution in [-0.2, 0) is 11.8 Å². The Labute approximate surface area is 185 Å². The lowest BCUT2D eigenvalue weighted by molar-refractivity contribution is -0.137. The second kappa shape index (κ2) is 9.68. The molecule has 2 unspecified atom stereocenters. The average Bonchev–Trinajstić information content (AvgIpc) is 2.77. The molecule has 1 aliphatic rings. The van der Waals surface area contributed by atoms with Crippen LogP contribution < -0.4 is 0 Å². The molecule has 174 valence electrons. The number of ketones is 1. The molecular formula is C24H28F4N2O2. The van der Waals surface area contributed by atoms with Crippen LogP contribution in [0.5, 0.6) is 0 Å². The molecule has 1 heterocycles. The van der Waals surface area contributed by atoms with Crippen molar-refractivity contribution in [2.45, 2.75) is 43.4 Å². The number of halogens is 4. The SMILES string of the molecule is CN(C)C(CC(F)N1CCC(O)(c2cccc(C(F)(F)F)c2)CC1)C(=O)c1ccccc1. The van der Waals surface area contributed by atoms with Gasteiger partial charge in [0.05, 0.1) is 17.2 Å². The third kappa shape index (κ3) is 5.54. The molecule has 32 heavy (non-hydrogen) atoms. The van der Waals surface area contributed by atoms with E-state index in [1.807, 2.05) is 0 Å². The Morgan fingerprint density at radius 3 is 2.28 bits per heavy atom. The molecule has 0 saturated carbocycles. The third-order valence-corrected chi connectivity index (χ3v) is 6.15. The Hall–Kier alpha value is -2.29. The topological polar surface area (TPSA) is 43.8 Å². The summed E-state index contributed by atoms with van der Waals surface area (Å²) in [5, 5.41) is 11.0. The molecule has 0 bridgehead atoms. The summed E-state index contributed by atoms with van der Waals surface area (Å²) in [4.78, 5) is 16.1. The Bertz CT molecular complexity index is 910. The average molecular weight is 452 g/mol. The summed E-state index contributed by atoms with van der Waals surface area (Å²) in [6.07, 6.45) is -5.74. The number of hydrogen-bond acceptors (Lipinski definition) is 4. The van der Waals surface area contributed by atoms with Crippen LogP contribution in [0.2, 0.25) is 0 Å². The number of carbonyl (C=O) groups excluding carboxylic acids is 1. The van der Waals surface area contributed by atoms with Gasteiger partial charge in [0.2, 0.25) is 0 Å². The van der Waals surface area contributed by atoms with Gasteiger partial charge < -0.3 is 5.11 Å². The van der Waals surface area contributed by atoms with E-state index in [9.17, 15) is 23.1 Å². The van der Waals surface area contributed by atoms with Gasteiger partial charge in [0.15, 0.2) is 12.1 Å². The Morgan fingerprint density at radius 2 is 1.72 bits per heavy atom. The first-order valence-corrected chi connectivity index (χ1v) is 10.6. The fraction of sp³-hybridized carbons (Fsp3) is 0.458. The zero-order valence-corrected chi connectivity index (χ0v) is 18.1. The minimum absolute atomic E-state index is 0.0390. The van der Waals surface area contributed by atoms with E-state index in [-0.39, 0.29) is 43.7 Å². The quantitative estimate of drug-likeness (QED) is 0.382. The lowest BCUT2D eigenvalue weighted by Gasteiger charge is -2.40. The maximum Gasteiger partial charge on any atom is 0.416 e. The highest BCUT2D eigenvalue weighted by molar-refractivity contribution is 6.00. The number of nitrogens with zero attached hydrogens (tertiary/aromatic N) is 2. The summed E-state index contributed by atoms with van der Waals surface area (Å²) >= 11 is 0. The largest absolute Gasteiger partial charge is 0.416 e.